The number of carbonyl (C=O) groups excluding carboxylic acids is 1. The van der Waals surface area contributed by atoms with Crippen molar-refractivity contribution in [3.05, 3.63) is 67.3 Å². The molecule has 1 fully saturated rings. The summed E-state index contributed by atoms with van der Waals surface area (Å²) >= 11 is 0. The highest BCUT2D eigenvalue weighted by atomic mass is 19.3. The Morgan fingerprint density at radius 3 is 2.81 bits per heavy atom. The Hall–Kier alpha value is -3.39. The first-order valence-electron chi connectivity index (χ1n) is 9.86. The minimum atomic E-state index is -3.24. The maximum Gasteiger partial charge on any atom is 0.296 e. The zero-order chi connectivity index (χ0) is 22.0. The largest absolute Gasteiger partial charge is 0.378 e. The molecule has 160 valence electrons. The second-order valence-corrected chi connectivity index (χ2v) is 7.45. The van der Waals surface area contributed by atoms with E-state index in [4.69, 9.17) is 4.74 Å². The van der Waals surface area contributed by atoms with Crippen LogP contribution in [0.3, 0.4) is 0 Å². The summed E-state index contributed by atoms with van der Waals surface area (Å²) in [6.07, 6.45) is 10.1. The number of pyridine rings is 1. The fraction of sp³-hybridized carbons (Fsp3) is 0.261. The van der Waals surface area contributed by atoms with Gasteiger partial charge in [-0.15, -0.1) is 0 Å². The summed E-state index contributed by atoms with van der Waals surface area (Å²) in [6, 6.07) is 6.43. The molecule has 0 saturated heterocycles. The van der Waals surface area contributed by atoms with Crippen LogP contribution >= 0.6 is 0 Å². The zero-order valence-corrected chi connectivity index (χ0v) is 17.0. The van der Waals surface area contributed by atoms with E-state index in [1.54, 1.807) is 24.7 Å². The van der Waals surface area contributed by atoms with Crippen molar-refractivity contribution >= 4 is 11.6 Å². The van der Waals surface area contributed by atoms with E-state index in [0.717, 1.165) is 30.0 Å². The number of aromatic nitrogens is 3. The molecular formula is C23H22F2N4O2. The number of nitrogens with one attached hydrogen (secondary N) is 1. The summed E-state index contributed by atoms with van der Waals surface area (Å²) in [5, 5.41) is 7.05. The molecule has 0 atom stereocenters. The van der Waals surface area contributed by atoms with Crippen LogP contribution in [0, 0.1) is 0 Å². The molecule has 0 radical (unpaired) electrons. The summed E-state index contributed by atoms with van der Waals surface area (Å²) in [4.78, 5) is 15.9. The third-order valence-corrected chi connectivity index (χ3v) is 5.14. The minimum Gasteiger partial charge on any atom is -0.378 e. The first kappa shape index (κ1) is 20.9. The van der Waals surface area contributed by atoms with Crippen molar-refractivity contribution in [1.82, 2.24) is 14.8 Å². The molecule has 2 aromatic heterocycles. The fourth-order valence-electron chi connectivity index (χ4n) is 3.49. The van der Waals surface area contributed by atoms with Crippen molar-refractivity contribution < 1.29 is 18.3 Å². The van der Waals surface area contributed by atoms with E-state index in [0.29, 0.717) is 17.3 Å². The number of carbonyl (C=O) groups is 1. The molecule has 3 aromatic rings. The van der Waals surface area contributed by atoms with E-state index in [1.807, 2.05) is 10.9 Å². The first-order valence-corrected chi connectivity index (χ1v) is 9.86. The molecule has 31 heavy (non-hydrogen) atoms. The molecule has 0 spiro atoms. The van der Waals surface area contributed by atoms with Crippen molar-refractivity contribution in [2.45, 2.75) is 24.8 Å². The molecule has 1 saturated carbocycles. The lowest BCUT2D eigenvalue weighted by Gasteiger charge is -2.21. The molecule has 1 amide bonds. The highest BCUT2D eigenvalue weighted by molar-refractivity contribution is 5.99. The molecule has 0 unspecified atom stereocenters. The minimum absolute atomic E-state index is 0.213. The van der Waals surface area contributed by atoms with Gasteiger partial charge in [-0.25, -0.2) is 0 Å². The Balaban J connectivity index is 1.85. The maximum atomic E-state index is 14.9. The second kappa shape index (κ2) is 8.39. The Kier molecular flexibility index (Phi) is 5.65. The molecule has 6 nitrogen and oxygen atoms in total. The normalized spacial score (nSPS) is 13.8. The molecule has 2 heterocycles. The Morgan fingerprint density at radius 1 is 1.29 bits per heavy atom. The lowest BCUT2D eigenvalue weighted by atomic mass is 9.91. The molecule has 8 heteroatoms. The van der Waals surface area contributed by atoms with Crippen LogP contribution in [0.4, 0.5) is 14.5 Å². The average Bonchev–Trinajstić information content (AvgIpc) is 3.50. The van der Waals surface area contributed by atoms with Gasteiger partial charge in [-0.1, -0.05) is 12.6 Å². The summed E-state index contributed by atoms with van der Waals surface area (Å²) in [5.74, 6) is -3.67. The molecule has 0 bridgehead atoms. The van der Waals surface area contributed by atoms with Crippen LogP contribution in [-0.4, -0.2) is 34.4 Å². The van der Waals surface area contributed by atoms with E-state index in [2.05, 4.69) is 22.0 Å². The molecule has 1 aromatic carbocycles. The number of amides is 1. The standard InChI is InChI=1S/C23H22F2N4O2/c1-3-22(30)28-16-4-7-21(23(24,25)14-31-2)19(10-16)20-12-26-9-8-18(20)15-11-27-29(13-15)17-5-6-17/h3-4,7-13,17H,1,5-6,14H2,2H3,(H,28,30). The van der Waals surface area contributed by atoms with Crippen molar-refractivity contribution in [1.29, 1.82) is 0 Å². The Bertz CT molecular complexity index is 1120. The summed E-state index contributed by atoms with van der Waals surface area (Å²) in [5.41, 5.74) is 2.47. The van der Waals surface area contributed by atoms with Gasteiger partial charge < -0.3 is 10.1 Å². The van der Waals surface area contributed by atoms with Crippen LogP contribution < -0.4 is 5.32 Å². The van der Waals surface area contributed by atoms with Gasteiger partial charge in [-0.3, -0.25) is 14.5 Å². The lowest BCUT2D eigenvalue weighted by molar-refractivity contribution is -0.111. The van der Waals surface area contributed by atoms with Crippen LogP contribution in [0.2, 0.25) is 0 Å². The summed E-state index contributed by atoms with van der Waals surface area (Å²) in [7, 11) is 1.23. The third-order valence-electron chi connectivity index (χ3n) is 5.14. The molecule has 1 aliphatic rings. The number of benzene rings is 1. The van der Waals surface area contributed by atoms with Gasteiger partial charge in [0.15, 0.2) is 0 Å². The first-order chi connectivity index (χ1) is 14.9. The van der Waals surface area contributed by atoms with Crippen molar-refractivity contribution in [3.63, 3.8) is 0 Å². The number of nitrogens with zero attached hydrogens (tertiary/aromatic N) is 3. The average molecular weight is 424 g/mol. The van der Waals surface area contributed by atoms with E-state index >= 15 is 0 Å². The lowest BCUT2D eigenvalue weighted by Crippen LogP contribution is -2.21. The quantitative estimate of drug-likeness (QED) is 0.527. The zero-order valence-electron chi connectivity index (χ0n) is 17.0. The van der Waals surface area contributed by atoms with Crippen LogP contribution in [0.25, 0.3) is 22.3 Å². The van der Waals surface area contributed by atoms with Gasteiger partial charge in [0.05, 0.1) is 12.2 Å². The summed E-state index contributed by atoms with van der Waals surface area (Å²) in [6.45, 7) is 2.66. The molecule has 1 aliphatic carbocycles. The number of alkyl halides is 2. The molecule has 1 N–H and O–H groups in total. The second-order valence-electron chi connectivity index (χ2n) is 7.45. The van der Waals surface area contributed by atoms with Gasteiger partial charge >= 0.3 is 0 Å². The number of rotatable bonds is 8. The predicted octanol–water partition coefficient (Wildman–Crippen LogP) is 4.81. The summed E-state index contributed by atoms with van der Waals surface area (Å²) < 4.78 is 36.6. The fourth-order valence-corrected chi connectivity index (χ4v) is 3.49. The SMILES string of the molecule is C=CC(=O)Nc1ccc(C(F)(F)COC)c(-c2cnccc2-c2cnn(C3CC3)c2)c1. The highest BCUT2D eigenvalue weighted by Crippen LogP contribution is 2.42. The number of halogens is 2. The molecule has 0 aliphatic heterocycles. The van der Waals surface area contributed by atoms with E-state index in [-0.39, 0.29) is 11.1 Å². The van der Waals surface area contributed by atoms with Gasteiger partial charge in [0.25, 0.3) is 5.92 Å². The van der Waals surface area contributed by atoms with Gasteiger partial charge in [-0.2, -0.15) is 13.9 Å². The van der Waals surface area contributed by atoms with Crippen molar-refractivity contribution in [3.8, 4) is 22.3 Å². The number of hydrogen-bond donors (Lipinski definition) is 1. The van der Waals surface area contributed by atoms with Gasteiger partial charge in [0.2, 0.25) is 5.91 Å². The topological polar surface area (TPSA) is 69.0 Å². The van der Waals surface area contributed by atoms with Gasteiger partial charge in [0, 0.05) is 48.1 Å². The maximum absolute atomic E-state index is 14.9. The Morgan fingerprint density at radius 2 is 2.10 bits per heavy atom. The number of anilines is 1. The predicted molar refractivity (Wildman–Crippen MR) is 114 cm³/mol. The Labute approximate surface area is 178 Å². The smallest absolute Gasteiger partial charge is 0.296 e. The van der Waals surface area contributed by atoms with Gasteiger partial charge in [-0.05, 0) is 48.2 Å². The molecular weight excluding hydrogens is 402 g/mol. The molecule has 4 rings (SSSR count). The van der Waals surface area contributed by atoms with Crippen LogP contribution in [0.1, 0.15) is 24.4 Å². The van der Waals surface area contributed by atoms with Crippen molar-refractivity contribution in [2.24, 2.45) is 0 Å². The van der Waals surface area contributed by atoms with Crippen LogP contribution in [0.5, 0.6) is 0 Å². The van der Waals surface area contributed by atoms with E-state index < -0.39 is 18.4 Å². The number of methoxy groups -OCH3 is 1. The van der Waals surface area contributed by atoms with Crippen LogP contribution in [-0.2, 0) is 15.5 Å². The van der Waals surface area contributed by atoms with E-state index in [1.165, 1.54) is 25.3 Å². The van der Waals surface area contributed by atoms with Gasteiger partial charge in [0.1, 0.15) is 6.61 Å². The highest BCUT2D eigenvalue weighted by Gasteiger charge is 2.35. The van der Waals surface area contributed by atoms with Crippen molar-refractivity contribution in [2.75, 3.05) is 19.0 Å². The third kappa shape index (κ3) is 4.39. The van der Waals surface area contributed by atoms with E-state index in [9.17, 15) is 13.6 Å². The van der Waals surface area contributed by atoms with Crippen LogP contribution in [0.15, 0.2) is 61.7 Å². The monoisotopic (exact) mass is 424 g/mol. The number of ether oxygens (including phenoxy) is 1. The number of hydrogen-bond acceptors (Lipinski definition) is 4.